The van der Waals surface area contributed by atoms with Crippen LogP contribution in [0.25, 0.3) is 11.3 Å². The third kappa shape index (κ3) is 1.65. The smallest absolute Gasteiger partial charge is 0.124 e. The molecular weight excluding hydrogens is 254 g/mol. The SMILES string of the molecule is Cc1c(-c2ccccc2Br)nn(C)c1N. The van der Waals surface area contributed by atoms with E-state index >= 15 is 0 Å². The zero-order valence-electron chi connectivity index (χ0n) is 8.66. The topological polar surface area (TPSA) is 43.8 Å². The fourth-order valence-corrected chi connectivity index (χ4v) is 2.02. The van der Waals surface area contributed by atoms with Gasteiger partial charge in [-0.05, 0) is 13.0 Å². The van der Waals surface area contributed by atoms with Gasteiger partial charge in [0.25, 0.3) is 0 Å². The van der Waals surface area contributed by atoms with Gasteiger partial charge >= 0.3 is 0 Å². The minimum atomic E-state index is 0.709. The van der Waals surface area contributed by atoms with Crippen LogP contribution in [0.4, 0.5) is 5.82 Å². The lowest BCUT2D eigenvalue weighted by Crippen LogP contribution is -1.97. The first kappa shape index (κ1) is 10.2. The van der Waals surface area contributed by atoms with Crippen LogP contribution in [0.2, 0.25) is 0 Å². The molecule has 0 bridgehead atoms. The molecule has 4 heteroatoms. The van der Waals surface area contributed by atoms with Gasteiger partial charge in [-0.25, -0.2) is 0 Å². The number of halogens is 1. The van der Waals surface area contributed by atoms with Gasteiger partial charge in [0.2, 0.25) is 0 Å². The zero-order valence-corrected chi connectivity index (χ0v) is 10.2. The molecule has 0 unspecified atom stereocenters. The van der Waals surface area contributed by atoms with E-state index in [1.165, 1.54) is 0 Å². The number of hydrogen-bond acceptors (Lipinski definition) is 2. The molecule has 0 aliphatic rings. The highest BCUT2D eigenvalue weighted by atomic mass is 79.9. The first-order chi connectivity index (χ1) is 7.11. The van der Waals surface area contributed by atoms with Crippen molar-refractivity contribution in [3.05, 3.63) is 34.3 Å². The number of aromatic nitrogens is 2. The molecule has 3 nitrogen and oxygen atoms in total. The van der Waals surface area contributed by atoms with Crippen molar-refractivity contribution in [3.63, 3.8) is 0 Å². The van der Waals surface area contributed by atoms with Gasteiger partial charge in [0.15, 0.2) is 0 Å². The summed E-state index contributed by atoms with van der Waals surface area (Å²) in [5, 5.41) is 4.40. The van der Waals surface area contributed by atoms with Crippen LogP contribution in [0, 0.1) is 6.92 Å². The maximum Gasteiger partial charge on any atom is 0.124 e. The number of nitrogens with two attached hydrogens (primary N) is 1. The van der Waals surface area contributed by atoms with Gasteiger partial charge in [-0.15, -0.1) is 0 Å². The van der Waals surface area contributed by atoms with Crippen molar-refractivity contribution in [1.29, 1.82) is 0 Å². The quantitative estimate of drug-likeness (QED) is 0.862. The van der Waals surface area contributed by atoms with E-state index < -0.39 is 0 Å². The van der Waals surface area contributed by atoms with Gasteiger partial charge in [0, 0.05) is 22.6 Å². The highest BCUT2D eigenvalue weighted by molar-refractivity contribution is 9.10. The van der Waals surface area contributed by atoms with Crippen LogP contribution in [0.3, 0.4) is 0 Å². The summed E-state index contributed by atoms with van der Waals surface area (Å²) in [6.07, 6.45) is 0. The van der Waals surface area contributed by atoms with Crippen LogP contribution in [0.15, 0.2) is 28.7 Å². The molecule has 0 fully saturated rings. The predicted octanol–water partition coefficient (Wildman–Crippen LogP) is 2.74. The lowest BCUT2D eigenvalue weighted by Gasteiger charge is -2.01. The number of anilines is 1. The molecule has 15 heavy (non-hydrogen) atoms. The molecule has 0 amide bonds. The Morgan fingerprint density at radius 3 is 2.53 bits per heavy atom. The van der Waals surface area contributed by atoms with Crippen molar-refractivity contribution >= 4 is 21.7 Å². The van der Waals surface area contributed by atoms with E-state index in [9.17, 15) is 0 Å². The van der Waals surface area contributed by atoms with Crippen LogP contribution in [-0.4, -0.2) is 9.78 Å². The first-order valence-electron chi connectivity index (χ1n) is 4.65. The minimum absolute atomic E-state index is 0.709. The standard InChI is InChI=1S/C11H12BrN3/c1-7-10(14-15(2)11(7)13)8-5-3-4-6-9(8)12/h3-6H,13H2,1-2H3. The molecule has 2 aromatic rings. The molecule has 2 rings (SSSR count). The fraction of sp³-hybridized carbons (Fsp3) is 0.182. The first-order valence-corrected chi connectivity index (χ1v) is 5.44. The Balaban J connectivity index is 2.65. The molecule has 0 atom stereocenters. The molecular formula is C11H12BrN3. The summed E-state index contributed by atoms with van der Waals surface area (Å²) in [6, 6.07) is 8.00. The summed E-state index contributed by atoms with van der Waals surface area (Å²) < 4.78 is 2.73. The van der Waals surface area contributed by atoms with Gasteiger partial charge in [-0.2, -0.15) is 5.10 Å². The highest BCUT2D eigenvalue weighted by Gasteiger charge is 2.12. The maximum absolute atomic E-state index is 5.88. The van der Waals surface area contributed by atoms with Gasteiger partial charge in [0.1, 0.15) is 5.82 Å². The van der Waals surface area contributed by atoms with Crippen LogP contribution >= 0.6 is 15.9 Å². The molecule has 0 saturated heterocycles. The van der Waals surface area contributed by atoms with Crippen molar-refractivity contribution in [2.24, 2.45) is 7.05 Å². The lowest BCUT2D eigenvalue weighted by molar-refractivity contribution is 0.782. The number of aryl methyl sites for hydroxylation is 1. The largest absolute Gasteiger partial charge is 0.384 e. The number of hydrogen-bond donors (Lipinski definition) is 1. The van der Waals surface area contributed by atoms with E-state index in [0.29, 0.717) is 5.82 Å². The van der Waals surface area contributed by atoms with Gasteiger partial charge in [-0.1, -0.05) is 34.1 Å². The van der Waals surface area contributed by atoms with Crippen LogP contribution < -0.4 is 5.73 Å². The number of nitrogens with zero attached hydrogens (tertiary/aromatic N) is 2. The fourth-order valence-electron chi connectivity index (χ4n) is 1.55. The second kappa shape index (κ2) is 3.70. The number of nitrogen functional groups attached to an aromatic ring is 1. The second-order valence-corrected chi connectivity index (χ2v) is 4.32. The Morgan fingerprint density at radius 1 is 1.33 bits per heavy atom. The lowest BCUT2D eigenvalue weighted by atomic mass is 10.1. The van der Waals surface area contributed by atoms with Gasteiger partial charge < -0.3 is 5.73 Å². The molecule has 1 heterocycles. The van der Waals surface area contributed by atoms with E-state index in [2.05, 4.69) is 21.0 Å². The molecule has 0 radical (unpaired) electrons. The summed E-state index contributed by atoms with van der Waals surface area (Å²) in [5.41, 5.74) is 8.90. The zero-order chi connectivity index (χ0) is 11.0. The summed E-state index contributed by atoms with van der Waals surface area (Å²) >= 11 is 3.51. The monoisotopic (exact) mass is 265 g/mol. The van der Waals surface area contributed by atoms with Gasteiger partial charge in [-0.3, -0.25) is 4.68 Å². The van der Waals surface area contributed by atoms with Gasteiger partial charge in [0.05, 0.1) is 5.69 Å². The van der Waals surface area contributed by atoms with Crippen LogP contribution in [0.1, 0.15) is 5.56 Å². The Bertz CT molecular complexity index is 503. The summed E-state index contributed by atoms with van der Waals surface area (Å²) in [7, 11) is 1.85. The van der Waals surface area contributed by atoms with E-state index in [1.54, 1.807) is 4.68 Å². The van der Waals surface area contributed by atoms with Crippen molar-refractivity contribution < 1.29 is 0 Å². The Hall–Kier alpha value is -1.29. The van der Waals surface area contributed by atoms with Crippen LogP contribution in [0.5, 0.6) is 0 Å². The summed E-state index contributed by atoms with van der Waals surface area (Å²) in [6.45, 7) is 1.98. The third-order valence-electron chi connectivity index (χ3n) is 2.47. The van der Waals surface area contributed by atoms with Crippen molar-refractivity contribution in [2.45, 2.75) is 6.92 Å². The maximum atomic E-state index is 5.88. The van der Waals surface area contributed by atoms with Crippen molar-refractivity contribution in [1.82, 2.24) is 9.78 Å². The number of benzene rings is 1. The van der Waals surface area contributed by atoms with E-state index in [4.69, 9.17) is 5.73 Å². The van der Waals surface area contributed by atoms with Crippen molar-refractivity contribution in [3.8, 4) is 11.3 Å². The predicted molar refractivity (Wildman–Crippen MR) is 65.5 cm³/mol. The second-order valence-electron chi connectivity index (χ2n) is 3.46. The van der Waals surface area contributed by atoms with Crippen LogP contribution in [-0.2, 0) is 7.05 Å². The molecule has 0 aliphatic heterocycles. The molecule has 2 N–H and O–H groups in total. The van der Waals surface area contributed by atoms with E-state index in [-0.39, 0.29) is 0 Å². The molecule has 0 aliphatic carbocycles. The molecule has 0 saturated carbocycles. The molecule has 78 valence electrons. The average Bonchev–Trinajstić information content (AvgIpc) is 2.47. The number of rotatable bonds is 1. The average molecular weight is 266 g/mol. The summed E-state index contributed by atoms with van der Waals surface area (Å²) in [4.78, 5) is 0. The van der Waals surface area contributed by atoms with E-state index in [1.807, 2.05) is 38.2 Å². The molecule has 1 aromatic heterocycles. The Morgan fingerprint density at radius 2 is 2.00 bits per heavy atom. The van der Waals surface area contributed by atoms with Crippen molar-refractivity contribution in [2.75, 3.05) is 5.73 Å². The highest BCUT2D eigenvalue weighted by Crippen LogP contribution is 2.31. The van der Waals surface area contributed by atoms with E-state index in [0.717, 1.165) is 21.3 Å². The Kier molecular flexibility index (Phi) is 2.52. The normalized spacial score (nSPS) is 10.6. The summed E-state index contributed by atoms with van der Waals surface area (Å²) in [5.74, 6) is 0.709. The molecule has 0 spiro atoms. The Labute approximate surface area is 97.0 Å². The molecule has 1 aromatic carbocycles. The third-order valence-corrected chi connectivity index (χ3v) is 3.16. The minimum Gasteiger partial charge on any atom is -0.384 e.